The van der Waals surface area contributed by atoms with E-state index in [0.29, 0.717) is 17.7 Å². The number of nitrogens with two attached hydrogens (primary N) is 1. The summed E-state index contributed by atoms with van der Waals surface area (Å²) in [5, 5.41) is 2.67. The molecule has 0 heterocycles. The Morgan fingerprint density at radius 2 is 1.86 bits per heavy atom. The van der Waals surface area contributed by atoms with Crippen molar-refractivity contribution < 1.29 is 9.59 Å². The number of benzene rings is 1. The summed E-state index contributed by atoms with van der Waals surface area (Å²) in [5.41, 5.74) is 6.16. The van der Waals surface area contributed by atoms with E-state index in [2.05, 4.69) is 5.32 Å². The first-order valence-electron chi connectivity index (χ1n) is 4.33. The first-order valence-corrected chi connectivity index (χ1v) is 4.33. The van der Waals surface area contributed by atoms with Gasteiger partial charge in [-0.3, -0.25) is 9.59 Å². The molecule has 3 N–H and O–H groups in total. The van der Waals surface area contributed by atoms with Crippen molar-refractivity contribution in [1.29, 1.82) is 0 Å². The molecular weight excluding hydrogens is 180 g/mol. The first-order chi connectivity index (χ1) is 6.63. The van der Waals surface area contributed by atoms with Crippen LogP contribution in [0.4, 0.5) is 5.69 Å². The summed E-state index contributed by atoms with van der Waals surface area (Å²) < 4.78 is 0. The molecule has 2 amide bonds. The fourth-order valence-electron chi connectivity index (χ4n) is 0.967. The minimum atomic E-state index is -0.474. The zero-order valence-corrected chi connectivity index (χ0v) is 7.91. The lowest BCUT2D eigenvalue weighted by molar-refractivity contribution is -0.115. The van der Waals surface area contributed by atoms with Crippen LogP contribution >= 0.6 is 0 Å². The topological polar surface area (TPSA) is 72.2 Å². The molecule has 0 unspecified atom stereocenters. The fourth-order valence-corrected chi connectivity index (χ4v) is 0.967. The van der Waals surface area contributed by atoms with Crippen molar-refractivity contribution in [2.24, 2.45) is 5.73 Å². The number of rotatable bonds is 3. The molecule has 4 heteroatoms. The Morgan fingerprint density at radius 3 is 2.29 bits per heavy atom. The van der Waals surface area contributed by atoms with Crippen molar-refractivity contribution in [3.63, 3.8) is 0 Å². The highest BCUT2D eigenvalue weighted by atomic mass is 16.1. The zero-order valence-electron chi connectivity index (χ0n) is 7.91. The van der Waals surface area contributed by atoms with Crippen molar-refractivity contribution in [1.82, 2.24) is 0 Å². The fraction of sp³-hybridized carbons (Fsp3) is 0.200. The van der Waals surface area contributed by atoms with Crippen LogP contribution in [-0.2, 0) is 4.79 Å². The first kappa shape index (κ1) is 10.2. The van der Waals surface area contributed by atoms with Crippen LogP contribution in [0.3, 0.4) is 0 Å². The Morgan fingerprint density at radius 1 is 1.29 bits per heavy atom. The molecule has 74 valence electrons. The lowest BCUT2D eigenvalue weighted by Crippen LogP contribution is -2.12. The van der Waals surface area contributed by atoms with Gasteiger partial charge in [-0.1, -0.05) is 6.92 Å². The van der Waals surface area contributed by atoms with Crippen LogP contribution in [0.5, 0.6) is 0 Å². The van der Waals surface area contributed by atoms with Gasteiger partial charge >= 0.3 is 0 Å². The molecule has 1 aromatic carbocycles. The Labute approximate surface area is 82.1 Å². The third-order valence-corrected chi connectivity index (χ3v) is 1.77. The number of nitrogens with one attached hydrogen (secondary N) is 1. The number of anilines is 1. The van der Waals surface area contributed by atoms with E-state index in [4.69, 9.17) is 5.73 Å². The second-order valence-electron chi connectivity index (χ2n) is 2.84. The van der Waals surface area contributed by atoms with Crippen molar-refractivity contribution in [3.05, 3.63) is 29.8 Å². The second-order valence-corrected chi connectivity index (χ2v) is 2.84. The minimum absolute atomic E-state index is 0.0585. The smallest absolute Gasteiger partial charge is 0.248 e. The average molecular weight is 192 g/mol. The van der Waals surface area contributed by atoms with Gasteiger partial charge < -0.3 is 11.1 Å². The third-order valence-electron chi connectivity index (χ3n) is 1.77. The quantitative estimate of drug-likeness (QED) is 0.753. The summed E-state index contributed by atoms with van der Waals surface area (Å²) in [7, 11) is 0. The van der Waals surface area contributed by atoms with Crippen LogP contribution in [0.25, 0.3) is 0 Å². The molecule has 1 rings (SSSR count). The number of hydrogen-bond acceptors (Lipinski definition) is 2. The standard InChI is InChI=1S/C10H12N2O2/c1-2-9(13)12-8-5-3-7(4-6-8)10(11)14/h3-6H,2H2,1H3,(H2,11,14)(H,12,13). The van der Waals surface area contributed by atoms with Gasteiger partial charge in [0.2, 0.25) is 11.8 Å². The summed E-state index contributed by atoms with van der Waals surface area (Å²) in [6.07, 6.45) is 0.428. The molecule has 0 bridgehead atoms. The van der Waals surface area contributed by atoms with Gasteiger partial charge in [0, 0.05) is 17.7 Å². The van der Waals surface area contributed by atoms with E-state index in [1.807, 2.05) is 0 Å². The Bertz CT molecular complexity index is 344. The van der Waals surface area contributed by atoms with Crippen molar-refractivity contribution in [2.75, 3.05) is 5.32 Å². The van der Waals surface area contributed by atoms with Crippen LogP contribution in [0.15, 0.2) is 24.3 Å². The van der Waals surface area contributed by atoms with E-state index in [-0.39, 0.29) is 5.91 Å². The molecule has 0 aliphatic carbocycles. The number of primary amides is 1. The molecule has 0 radical (unpaired) electrons. The van der Waals surface area contributed by atoms with Crippen LogP contribution in [-0.4, -0.2) is 11.8 Å². The molecule has 0 spiro atoms. The Kier molecular flexibility index (Phi) is 3.23. The highest BCUT2D eigenvalue weighted by molar-refractivity contribution is 5.94. The number of hydrogen-bond donors (Lipinski definition) is 2. The van der Waals surface area contributed by atoms with Gasteiger partial charge in [-0.25, -0.2) is 0 Å². The zero-order chi connectivity index (χ0) is 10.6. The van der Waals surface area contributed by atoms with Gasteiger partial charge in [0.05, 0.1) is 0 Å². The van der Waals surface area contributed by atoms with Gasteiger partial charge in [0.25, 0.3) is 0 Å². The molecular formula is C10H12N2O2. The minimum Gasteiger partial charge on any atom is -0.366 e. The molecule has 0 aromatic heterocycles. The van der Waals surface area contributed by atoms with Crippen molar-refractivity contribution >= 4 is 17.5 Å². The summed E-state index contributed by atoms with van der Waals surface area (Å²) in [6.45, 7) is 1.77. The highest BCUT2D eigenvalue weighted by Gasteiger charge is 2.01. The van der Waals surface area contributed by atoms with Crippen molar-refractivity contribution in [3.8, 4) is 0 Å². The molecule has 0 saturated heterocycles. The lowest BCUT2D eigenvalue weighted by Gasteiger charge is -2.03. The second kappa shape index (κ2) is 4.41. The SMILES string of the molecule is CCC(=O)Nc1ccc(C(N)=O)cc1. The molecule has 14 heavy (non-hydrogen) atoms. The summed E-state index contributed by atoms with van der Waals surface area (Å²) in [5.74, 6) is -0.532. The van der Waals surface area contributed by atoms with Crippen LogP contribution in [0.1, 0.15) is 23.7 Å². The Balaban J connectivity index is 2.73. The predicted octanol–water partition coefficient (Wildman–Crippen LogP) is 1.13. The van der Waals surface area contributed by atoms with Gasteiger partial charge in [-0.2, -0.15) is 0 Å². The molecule has 0 fully saturated rings. The Hall–Kier alpha value is -1.84. The van der Waals surface area contributed by atoms with Crippen LogP contribution in [0.2, 0.25) is 0 Å². The van der Waals surface area contributed by atoms with Crippen molar-refractivity contribution in [2.45, 2.75) is 13.3 Å². The third kappa shape index (κ3) is 2.58. The number of amides is 2. The maximum Gasteiger partial charge on any atom is 0.248 e. The maximum absolute atomic E-state index is 11.0. The molecule has 1 aromatic rings. The lowest BCUT2D eigenvalue weighted by atomic mass is 10.2. The van der Waals surface area contributed by atoms with Gasteiger partial charge in [-0.15, -0.1) is 0 Å². The number of carbonyl (C=O) groups is 2. The molecule has 0 saturated carbocycles. The van der Waals surface area contributed by atoms with E-state index >= 15 is 0 Å². The van der Waals surface area contributed by atoms with E-state index in [1.165, 1.54) is 0 Å². The van der Waals surface area contributed by atoms with Gasteiger partial charge in [0.15, 0.2) is 0 Å². The molecule has 0 aliphatic heterocycles. The normalized spacial score (nSPS) is 9.50. The van der Waals surface area contributed by atoms with Crippen LogP contribution in [0, 0.1) is 0 Å². The van der Waals surface area contributed by atoms with E-state index in [1.54, 1.807) is 31.2 Å². The maximum atomic E-state index is 11.0. The van der Waals surface area contributed by atoms with E-state index < -0.39 is 5.91 Å². The molecule has 0 aliphatic rings. The summed E-state index contributed by atoms with van der Waals surface area (Å²) in [6, 6.07) is 6.45. The van der Waals surface area contributed by atoms with Gasteiger partial charge in [-0.05, 0) is 24.3 Å². The highest BCUT2D eigenvalue weighted by Crippen LogP contribution is 2.09. The monoisotopic (exact) mass is 192 g/mol. The molecule has 4 nitrogen and oxygen atoms in total. The van der Waals surface area contributed by atoms with E-state index in [9.17, 15) is 9.59 Å². The summed E-state index contributed by atoms with van der Waals surface area (Å²) in [4.78, 5) is 21.7. The van der Waals surface area contributed by atoms with Crippen LogP contribution < -0.4 is 11.1 Å². The summed E-state index contributed by atoms with van der Waals surface area (Å²) >= 11 is 0. The molecule has 0 atom stereocenters. The predicted molar refractivity (Wildman–Crippen MR) is 53.9 cm³/mol. The average Bonchev–Trinajstić information content (AvgIpc) is 2.18. The number of carbonyl (C=O) groups excluding carboxylic acids is 2. The largest absolute Gasteiger partial charge is 0.366 e. The van der Waals surface area contributed by atoms with E-state index in [0.717, 1.165) is 0 Å². The van der Waals surface area contributed by atoms with Gasteiger partial charge in [0.1, 0.15) is 0 Å².